The van der Waals surface area contributed by atoms with Crippen molar-refractivity contribution in [2.24, 2.45) is 4.99 Å². The third kappa shape index (κ3) is 4.08. The Morgan fingerprint density at radius 1 is 1.05 bits per heavy atom. The highest BCUT2D eigenvalue weighted by Crippen LogP contribution is 2.30. The lowest BCUT2D eigenvalue weighted by molar-refractivity contribution is 0.416. The number of benzene rings is 2. The van der Waals surface area contributed by atoms with Gasteiger partial charge < -0.3 is 4.74 Å². The van der Waals surface area contributed by atoms with Crippen LogP contribution in [0.5, 0.6) is 5.75 Å². The van der Waals surface area contributed by atoms with Crippen LogP contribution in [-0.4, -0.2) is 13.3 Å². The zero-order valence-corrected chi connectivity index (χ0v) is 13.6. The summed E-state index contributed by atoms with van der Waals surface area (Å²) in [5, 5.41) is 0.644. The first-order valence-electron chi connectivity index (χ1n) is 6.88. The molecular formula is C18H20ClNO. The van der Waals surface area contributed by atoms with E-state index in [0.717, 1.165) is 11.3 Å². The smallest absolute Gasteiger partial charge is 0.144 e. The molecule has 0 saturated carbocycles. The van der Waals surface area contributed by atoms with E-state index in [2.05, 4.69) is 50.0 Å². The summed E-state index contributed by atoms with van der Waals surface area (Å²) >= 11 is 6.00. The van der Waals surface area contributed by atoms with Gasteiger partial charge in [0.2, 0.25) is 0 Å². The van der Waals surface area contributed by atoms with Gasteiger partial charge in [-0.3, -0.25) is 4.99 Å². The van der Waals surface area contributed by atoms with Crippen LogP contribution in [0.2, 0.25) is 5.02 Å². The maximum atomic E-state index is 6.00. The molecule has 110 valence electrons. The fourth-order valence-electron chi connectivity index (χ4n) is 1.98. The quantitative estimate of drug-likeness (QED) is 0.696. The molecule has 0 bridgehead atoms. The second kappa shape index (κ2) is 6.31. The van der Waals surface area contributed by atoms with E-state index in [-0.39, 0.29) is 5.41 Å². The number of rotatable bonds is 3. The molecule has 0 atom stereocenters. The number of methoxy groups -OCH3 is 1. The molecule has 0 unspecified atom stereocenters. The predicted molar refractivity (Wildman–Crippen MR) is 90.4 cm³/mol. The van der Waals surface area contributed by atoms with E-state index in [0.29, 0.717) is 10.8 Å². The lowest BCUT2D eigenvalue weighted by Crippen LogP contribution is -2.10. The van der Waals surface area contributed by atoms with Crippen molar-refractivity contribution in [3.05, 3.63) is 58.6 Å². The molecule has 0 spiro atoms. The number of ether oxygens (including phenoxy) is 1. The van der Waals surface area contributed by atoms with Crippen LogP contribution in [0.1, 0.15) is 31.9 Å². The minimum atomic E-state index is 0.159. The highest BCUT2D eigenvalue weighted by molar-refractivity contribution is 6.30. The Kier molecular flexibility index (Phi) is 4.69. The maximum absolute atomic E-state index is 6.00. The van der Waals surface area contributed by atoms with Crippen molar-refractivity contribution in [3.63, 3.8) is 0 Å². The summed E-state index contributed by atoms with van der Waals surface area (Å²) in [4.78, 5) is 4.47. The van der Waals surface area contributed by atoms with Gasteiger partial charge in [0.05, 0.1) is 7.11 Å². The van der Waals surface area contributed by atoms with Gasteiger partial charge in [0, 0.05) is 11.2 Å². The molecular weight excluding hydrogens is 282 g/mol. The molecule has 0 amide bonds. The highest BCUT2D eigenvalue weighted by atomic mass is 35.5. The van der Waals surface area contributed by atoms with Crippen LogP contribution >= 0.6 is 11.6 Å². The van der Waals surface area contributed by atoms with Crippen molar-refractivity contribution in [2.45, 2.75) is 26.2 Å². The van der Waals surface area contributed by atoms with Crippen LogP contribution in [0, 0.1) is 0 Å². The fourth-order valence-corrected chi connectivity index (χ4v) is 2.14. The standard InChI is InChI=1S/C18H20ClNO/c1-18(2,3)14-7-5-13(6-8-14)12-20-16-11-15(19)9-10-17(16)21-4/h5-12H,1-4H3. The van der Waals surface area contributed by atoms with Gasteiger partial charge in [0.25, 0.3) is 0 Å². The fraction of sp³-hybridized carbons (Fsp3) is 0.278. The largest absolute Gasteiger partial charge is 0.494 e. The summed E-state index contributed by atoms with van der Waals surface area (Å²) in [6, 6.07) is 13.8. The molecule has 0 aliphatic heterocycles. The monoisotopic (exact) mass is 301 g/mol. The van der Waals surface area contributed by atoms with Gasteiger partial charge in [-0.25, -0.2) is 0 Å². The van der Waals surface area contributed by atoms with Gasteiger partial charge in [-0.1, -0.05) is 56.6 Å². The summed E-state index contributed by atoms with van der Waals surface area (Å²) in [5.41, 5.74) is 3.24. The molecule has 2 aromatic rings. The van der Waals surface area contributed by atoms with Crippen molar-refractivity contribution >= 4 is 23.5 Å². The van der Waals surface area contributed by atoms with Crippen molar-refractivity contribution in [2.75, 3.05) is 7.11 Å². The van der Waals surface area contributed by atoms with Gasteiger partial charge in [0.1, 0.15) is 11.4 Å². The maximum Gasteiger partial charge on any atom is 0.144 e. The minimum Gasteiger partial charge on any atom is -0.494 e. The Morgan fingerprint density at radius 3 is 2.29 bits per heavy atom. The van der Waals surface area contributed by atoms with E-state index in [1.807, 2.05) is 12.3 Å². The number of hydrogen-bond acceptors (Lipinski definition) is 2. The summed E-state index contributed by atoms with van der Waals surface area (Å²) in [6.45, 7) is 6.60. The van der Waals surface area contributed by atoms with Crippen LogP contribution in [0.25, 0.3) is 0 Å². The van der Waals surface area contributed by atoms with Crippen molar-refractivity contribution < 1.29 is 4.74 Å². The third-order valence-electron chi connectivity index (χ3n) is 3.27. The highest BCUT2D eigenvalue weighted by Gasteiger charge is 2.12. The predicted octanol–water partition coefficient (Wildman–Crippen LogP) is 5.40. The average molecular weight is 302 g/mol. The summed E-state index contributed by atoms with van der Waals surface area (Å²) in [7, 11) is 1.63. The van der Waals surface area contributed by atoms with Gasteiger partial charge in [-0.2, -0.15) is 0 Å². The molecule has 3 heteroatoms. The van der Waals surface area contributed by atoms with Crippen LogP contribution < -0.4 is 4.74 Å². The summed E-state index contributed by atoms with van der Waals surface area (Å²) in [6.07, 6.45) is 1.82. The number of aliphatic imine (C=N–C) groups is 1. The zero-order valence-electron chi connectivity index (χ0n) is 12.9. The lowest BCUT2D eigenvalue weighted by Gasteiger charge is -2.18. The molecule has 2 rings (SSSR count). The van der Waals surface area contributed by atoms with Crippen molar-refractivity contribution in [1.29, 1.82) is 0 Å². The van der Waals surface area contributed by atoms with Crippen LogP contribution in [0.3, 0.4) is 0 Å². The zero-order chi connectivity index (χ0) is 15.5. The lowest BCUT2D eigenvalue weighted by atomic mass is 9.87. The first-order valence-corrected chi connectivity index (χ1v) is 7.26. The Balaban J connectivity index is 2.24. The van der Waals surface area contributed by atoms with Crippen molar-refractivity contribution in [1.82, 2.24) is 0 Å². The molecule has 0 radical (unpaired) electrons. The molecule has 0 saturated heterocycles. The minimum absolute atomic E-state index is 0.159. The summed E-state index contributed by atoms with van der Waals surface area (Å²) < 4.78 is 5.28. The van der Waals surface area contributed by atoms with Crippen LogP contribution in [-0.2, 0) is 5.41 Å². The van der Waals surface area contributed by atoms with Gasteiger partial charge in [-0.15, -0.1) is 0 Å². The Labute approximate surface area is 131 Å². The first kappa shape index (κ1) is 15.6. The van der Waals surface area contributed by atoms with Gasteiger partial charge >= 0.3 is 0 Å². The second-order valence-electron chi connectivity index (χ2n) is 5.95. The van der Waals surface area contributed by atoms with E-state index in [1.54, 1.807) is 19.2 Å². The molecule has 2 nitrogen and oxygen atoms in total. The first-order chi connectivity index (χ1) is 9.90. The van der Waals surface area contributed by atoms with E-state index in [4.69, 9.17) is 16.3 Å². The second-order valence-corrected chi connectivity index (χ2v) is 6.38. The number of halogens is 1. The van der Waals surface area contributed by atoms with E-state index in [9.17, 15) is 0 Å². The normalized spacial score (nSPS) is 11.9. The van der Waals surface area contributed by atoms with Crippen LogP contribution in [0.4, 0.5) is 5.69 Å². The van der Waals surface area contributed by atoms with E-state index >= 15 is 0 Å². The molecule has 0 aromatic heterocycles. The summed E-state index contributed by atoms with van der Waals surface area (Å²) in [5.74, 6) is 0.710. The van der Waals surface area contributed by atoms with Gasteiger partial charge in [-0.05, 0) is 34.7 Å². The molecule has 0 aliphatic carbocycles. The molecule has 21 heavy (non-hydrogen) atoms. The van der Waals surface area contributed by atoms with Crippen molar-refractivity contribution in [3.8, 4) is 5.75 Å². The molecule has 0 N–H and O–H groups in total. The molecule has 0 aliphatic rings. The Bertz CT molecular complexity index is 639. The Morgan fingerprint density at radius 2 is 1.71 bits per heavy atom. The third-order valence-corrected chi connectivity index (χ3v) is 3.51. The molecule has 0 heterocycles. The SMILES string of the molecule is COc1ccc(Cl)cc1N=Cc1ccc(C(C)(C)C)cc1. The number of nitrogens with zero attached hydrogens (tertiary/aromatic N) is 1. The average Bonchev–Trinajstić information content (AvgIpc) is 2.45. The Hall–Kier alpha value is -1.80. The van der Waals surface area contributed by atoms with Crippen LogP contribution in [0.15, 0.2) is 47.5 Å². The molecule has 0 fully saturated rings. The van der Waals surface area contributed by atoms with Gasteiger partial charge in [0.15, 0.2) is 0 Å². The molecule has 2 aromatic carbocycles. The van der Waals surface area contributed by atoms with E-state index < -0.39 is 0 Å². The topological polar surface area (TPSA) is 21.6 Å². The number of hydrogen-bond donors (Lipinski definition) is 0. The van der Waals surface area contributed by atoms with E-state index in [1.165, 1.54) is 5.56 Å².